The largest absolute Gasteiger partial charge is 0.479 e. The van der Waals surface area contributed by atoms with Crippen LogP contribution in [0.2, 0.25) is 0 Å². The molecule has 0 aliphatic carbocycles. The van der Waals surface area contributed by atoms with Crippen LogP contribution in [-0.2, 0) is 25.7 Å². The van der Waals surface area contributed by atoms with Crippen LogP contribution in [0.25, 0.3) is 0 Å². The maximum absolute atomic E-state index is 12.1. The number of carboxylic acids is 1. The highest BCUT2D eigenvalue weighted by Crippen LogP contribution is 2.21. The lowest BCUT2D eigenvalue weighted by molar-refractivity contribution is -0.154. The molecule has 1 amide bonds. The lowest BCUT2D eigenvalue weighted by atomic mass is 10.2. The zero-order valence-corrected chi connectivity index (χ0v) is 12.6. The first-order chi connectivity index (χ1) is 10.6. The average molecular weight is 307 g/mol. The third kappa shape index (κ3) is 4.54. The van der Waals surface area contributed by atoms with E-state index in [1.807, 2.05) is 30.3 Å². The second-order valence-corrected chi connectivity index (χ2v) is 5.33. The fourth-order valence-corrected chi connectivity index (χ4v) is 2.32. The van der Waals surface area contributed by atoms with Gasteiger partial charge in [-0.05, 0) is 18.4 Å². The van der Waals surface area contributed by atoms with Crippen LogP contribution in [0.15, 0.2) is 30.3 Å². The normalized spacial score (nSPS) is 20.8. The van der Waals surface area contributed by atoms with Gasteiger partial charge in [0.15, 0.2) is 6.10 Å². The molecule has 1 aromatic carbocycles. The topological polar surface area (TPSA) is 76.1 Å². The lowest BCUT2D eigenvalue weighted by Crippen LogP contribution is -2.38. The van der Waals surface area contributed by atoms with E-state index in [2.05, 4.69) is 0 Å². The standard InChI is InChI=1S/C16H21NO5/c1-17(9-10-21-11-12-5-3-2-4-6-12)15(18)13-7-8-14(22-13)16(19)20/h2-6,13-14H,7-11H2,1H3,(H,19,20)/t13-,14+/m0/s1. The van der Waals surface area contributed by atoms with Crippen LogP contribution in [0.3, 0.4) is 0 Å². The second-order valence-electron chi connectivity index (χ2n) is 5.33. The number of carbonyl (C=O) groups excluding carboxylic acids is 1. The molecule has 6 nitrogen and oxygen atoms in total. The van der Waals surface area contributed by atoms with E-state index < -0.39 is 18.2 Å². The predicted octanol–water partition coefficient (Wildman–Crippen LogP) is 1.29. The Hall–Kier alpha value is -1.92. The van der Waals surface area contributed by atoms with Gasteiger partial charge < -0.3 is 19.5 Å². The highest BCUT2D eigenvalue weighted by Gasteiger charge is 2.35. The van der Waals surface area contributed by atoms with E-state index in [4.69, 9.17) is 14.6 Å². The molecule has 0 bridgehead atoms. The number of likely N-dealkylation sites (N-methyl/N-ethyl adjacent to an activating group) is 1. The van der Waals surface area contributed by atoms with Gasteiger partial charge in [-0.15, -0.1) is 0 Å². The minimum atomic E-state index is -1.01. The Balaban J connectivity index is 1.67. The maximum atomic E-state index is 12.1. The molecule has 1 saturated heterocycles. The Kier molecular flexibility index (Phi) is 5.91. The fourth-order valence-electron chi connectivity index (χ4n) is 2.32. The molecule has 120 valence electrons. The molecule has 1 fully saturated rings. The molecule has 6 heteroatoms. The van der Waals surface area contributed by atoms with Crippen LogP contribution in [0, 0.1) is 0 Å². The van der Waals surface area contributed by atoms with Crippen molar-refractivity contribution in [2.75, 3.05) is 20.2 Å². The molecule has 0 aromatic heterocycles. The smallest absolute Gasteiger partial charge is 0.332 e. The van der Waals surface area contributed by atoms with Gasteiger partial charge in [0.05, 0.1) is 13.2 Å². The van der Waals surface area contributed by atoms with Gasteiger partial charge in [-0.25, -0.2) is 4.79 Å². The van der Waals surface area contributed by atoms with Crippen molar-refractivity contribution in [2.24, 2.45) is 0 Å². The van der Waals surface area contributed by atoms with E-state index in [0.717, 1.165) is 5.56 Å². The van der Waals surface area contributed by atoms with Crippen molar-refractivity contribution >= 4 is 11.9 Å². The minimum Gasteiger partial charge on any atom is -0.479 e. The molecule has 0 saturated carbocycles. The van der Waals surface area contributed by atoms with Gasteiger partial charge in [-0.2, -0.15) is 0 Å². The van der Waals surface area contributed by atoms with Crippen LogP contribution in [-0.4, -0.2) is 54.3 Å². The number of aliphatic carboxylic acids is 1. The molecule has 1 N–H and O–H groups in total. The van der Waals surface area contributed by atoms with Crippen molar-refractivity contribution in [2.45, 2.75) is 31.7 Å². The number of hydrogen-bond donors (Lipinski definition) is 1. The summed E-state index contributed by atoms with van der Waals surface area (Å²) < 4.78 is 10.8. The quantitative estimate of drug-likeness (QED) is 0.768. The molecule has 0 radical (unpaired) electrons. The number of carboxylic acid groups (broad SMARTS) is 1. The molecule has 1 aliphatic heterocycles. The van der Waals surface area contributed by atoms with Crippen LogP contribution < -0.4 is 0 Å². The second kappa shape index (κ2) is 7.91. The molecule has 0 unspecified atom stereocenters. The van der Waals surface area contributed by atoms with Gasteiger partial charge in [0, 0.05) is 13.6 Å². The molecule has 22 heavy (non-hydrogen) atoms. The minimum absolute atomic E-state index is 0.188. The van der Waals surface area contributed by atoms with Crippen LogP contribution in [0.1, 0.15) is 18.4 Å². The number of nitrogens with zero attached hydrogens (tertiary/aromatic N) is 1. The monoisotopic (exact) mass is 307 g/mol. The first-order valence-corrected chi connectivity index (χ1v) is 7.33. The highest BCUT2D eigenvalue weighted by atomic mass is 16.5. The molecular weight excluding hydrogens is 286 g/mol. The summed E-state index contributed by atoms with van der Waals surface area (Å²) in [5.74, 6) is -1.20. The van der Waals surface area contributed by atoms with E-state index in [9.17, 15) is 9.59 Å². The first kappa shape index (κ1) is 16.5. The van der Waals surface area contributed by atoms with Crippen molar-refractivity contribution in [3.8, 4) is 0 Å². The van der Waals surface area contributed by atoms with Gasteiger partial charge in [0.2, 0.25) is 0 Å². The predicted molar refractivity (Wildman–Crippen MR) is 79.3 cm³/mol. The average Bonchev–Trinajstić information content (AvgIpc) is 3.02. The van der Waals surface area contributed by atoms with E-state index in [0.29, 0.717) is 32.6 Å². The summed E-state index contributed by atoms with van der Waals surface area (Å²) in [6, 6.07) is 9.80. The summed E-state index contributed by atoms with van der Waals surface area (Å²) in [6.45, 7) is 1.37. The van der Waals surface area contributed by atoms with Gasteiger partial charge >= 0.3 is 5.97 Å². The molecule has 2 rings (SSSR count). The van der Waals surface area contributed by atoms with Gasteiger partial charge in [0.1, 0.15) is 6.10 Å². The van der Waals surface area contributed by atoms with Gasteiger partial charge in [0.25, 0.3) is 5.91 Å². The number of ether oxygens (including phenoxy) is 2. The lowest BCUT2D eigenvalue weighted by Gasteiger charge is -2.21. The molecule has 1 aromatic rings. The molecular formula is C16H21NO5. The van der Waals surface area contributed by atoms with Gasteiger partial charge in [-0.3, -0.25) is 4.79 Å². The third-order valence-corrected chi connectivity index (χ3v) is 3.63. The molecule has 1 heterocycles. The van der Waals surface area contributed by atoms with Crippen LogP contribution in [0.4, 0.5) is 0 Å². The van der Waals surface area contributed by atoms with Crippen molar-refractivity contribution in [1.29, 1.82) is 0 Å². The Labute approximate surface area is 129 Å². The van der Waals surface area contributed by atoms with E-state index in [1.165, 1.54) is 4.90 Å². The van der Waals surface area contributed by atoms with E-state index in [1.54, 1.807) is 7.05 Å². The Morgan fingerprint density at radius 2 is 1.95 bits per heavy atom. The summed E-state index contributed by atoms with van der Waals surface area (Å²) in [5, 5.41) is 8.86. The van der Waals surface area contributed by atoms with Crippen molar-refractivity contribution < 1.29 is 24.2 Å². The summed E-state index contributed by atoms with van der Waals surface area (Å²) >= 11 is 0. The zero-order valence-electron chi connectivity index (χ0n) is 12.6. The number of rotatable bonds is 7. The summed E-state index contributed by atoms with van der Waals surface area (Å²) in [6.07, 6.45) is -0.688. The fraction of sp³-hybridized carbons (Fsp3) is 0.500. The summed E-state index contributed by atoms with van der Waals surface area (Å²) in [4.78, 5) is 24.5. The molecule has 0 spiro atoms. The number of amides is 1. The Bertz CT molecular complexity index is 505. The summed E-state index contributed by atoms with van der Waals surface area (Å²) in [7, 11) is 1.67. The number of benzene rings is 1. The third-order valence-electron chi connectivity index (χ3n) is 3.63. The van der Waals surface area contributed by atoms with Crippen molar-refractivity contribution in [3.63, 3.8) is 0 Å². The van der Waals surface area contributed by atoms with E-state index >= 15 is 0 Å². The van der Waals surface area contributed by atoms with Crippen molar-refractivity contribution in [3.05, 3.63) is 35.9 Å². The maximum Gasteiger partial charge on any atom is 0.332 e. The number of hydrogen-bond acceptors (Lipinski definition) is 4. The van der Waals surface area contributed by atoms with Crippen molar-refractivity contribution in [1.82, 2.24) is 4.90 Å². The Morgan fingerprint density at radius 1 is 1.27 bits per heavy atom. The number of carbonyl (C=O) groups is 2. The summed E-state index contributed by atoms with van der Waals surface area (Å²) in [5.41, 5.74) is 1.08. The van der Waals surface area contributed by atoms with Gasteiger partial charge in [-0.1, -0.05) is 30.3 Å². The van der Waals surface area contributed by atoms with Crippen LogP contribution in [0.5, 0.6) is 0 Å². The SMILES string of the molecule is CN(CCOCc1ccccc1)C(=O)[C@@H]1CC[C@H](C(=O)O)O1. The Morgan fingerprint density at radius 3 is 2.59 bits per heavy atom. The molecule has 2 atom stereocenters. The highest BCUT2D eigenvalue weighted by molar-refractivity contribution is 5.82. The zero-order chi connectivity index (χ0) is 15.9. The first-order valence-electron chi connectivity index (χ1n) is 7.33. The van der Waals surface area contributed by atoms with Crippen LogP contribution >= 0.6 is 0 Å². The molecule has 1 aliphatic rings. The van der Waals surface area contributed by atoms with E-state index in [-0.39, 0.29) is 5.91 Å².